The van der Waals surface area contributed by atoms with E-state index in [1.54, 1.807) is 45.0 Å². The molecule has 2 atom stereocenters. The Morgan fingerprint density at radius 2 is 1.69 bits per heavy atom. The van der Waals surface area contributed by atoms with Crippen molar-refractivity contribution in [2.75, 3.05) is 7.11 Å². The highest BCUT2D eigenvalue weighted by Gasteiger charge is 2.24. The Morgan fingerprint density at radius 3 is 2.15 bits per heavy atom. The normalized spacial score (nSPS) is 13.3. The number of amides is 2. The number of carboxylic acid groups (broad SMARTS) is 1. The summed E-state index contributed by atoms with van der Waals surface area (Å²) in [5, 5.41) is 14.2. The Balaban J connectivity index is 2.78. The standard InChI is InChI=1S/C18H26N2O6/c1-11(19-17(24)26-18(2,3)4)16(23)20-14(10-15(21)22)12-6-8-13(25-5)9-7-12/h6-9,11,14H,10H2,1-5H3,(H,19,24)(H,20,23)(H,21,22). The molecule has 0 saturated heterocycles. The summed E-state index contributed by atoms with van der Waals surface area (Å²) in [6, 6.07) is 5.09. The summed E-state index contributed by atoms with van der Waals surface area (Å²) in [6.45, 7) is 6.63. The monoisotopic (exact) mass is 366 g/mol. The molecule has 8 heteroatoms. The van der Waals surface area contributed by atoms with Crippen molar-refractivity contribution in [2.24, 2.45) is 0 Å². The van der Waals surface area contributed by atoms with Gasteiger partial charge in [0.25, 0.3) is 0 Å². The van der Waals surface area contributed by atoms with Crippen LogP contribution < -0.4 is 15.4 Å². The van der Waals surface area contributed by atoms with Crippen LogP contribution >= 0.6 is 0 Å². The van der Waals surface area contributed by atoms with E-state index in [1.165, 1.54) is 14.0 Å². The number of aliphatic carboxylic acids is 1. The van der Waals surface area contributed by atoms with Crippen LogP contribution in [0.3, 0.4) is 0 Å². The van der Waals surface area contributed by atoms with Crippen molar-refractivity contribution in [3.05, 3.63) is 29.8 Å². The molecule has 0 fully saturated rings. The van der Waals surface area contributed by atoms with Gasteiger partial charge in [0, 0.05) is 0 Å². The Kier molecular flexibility index (Phi) is 7.42. The average molecular weight is 366 g/mol. The summed E-state index contributed by atoms with van der Waals surface area (Å²) in [6.07, 6.45) is -1.02. The first-order chi connectivity index (χ1) is 12.0. The van der Waals surface area contributed by atoms with Crippen molar-refractivity contribution in [1.29, 1.82) is 0 Å². The van der Waals surface area contributed by atoms with E-state index >= 15 is 0 Å². The molecule has 2 unspecified atom stereocenters. The summed E-state index contributed by atoms with van der Waals surface area (Å²) < 4.78 is 10.2. The number of hydrogen-bond donors (Lipinski definition) is 3. The van der Waals surface area contributed by atoms with E-state index in [2.05, 4.69) is 10.6 Å². The van der Waals surface area contributed by atoms with Crippen LogP contribution in [0.4, 0.5) is 4.79 Å². The molecule has 8 nitrogen and oxygen atoms in total. The van der Waals surface area contributed by atoms with Crippen LogP contribution in [0.2, 0.25) is 0 Å². The van der Waals surface area contributed by atoms with Gasteiger partial charge in [-0.2, -0.15) is 0 Å². The maximum absolute atomic E-state index is 12.3. The number of hydrogen-bond acceptors (Lipinski definition) is 5. The lowest BCUT2D eigenvalue weighted by Crippen LogP contribution is -2.47. The van der Waals surface area contributed by atoms with E-state index in [0.717, 1.165) is 0 Å². The molecule has 0 bridgehead atoms. The van der Waals surface area contributed by atoms with Crippen LogP contribution in [0.5, 0.6) is 5.75 Å². The molecule has 0 aliphatic rings. The summed E-state index contributed by atoms with van der Waals surface area (Å²) in [5.74, 6) is -0.953. The topological polar surface area (TPSA) is 114 Å². The Labute approximate surface area is 152 Å². The van der Waals surface area contributed by atoms with Gasteiger partial charge < -0.3 is 25.2 Å². The largest absolute Gasteiger partial charge is 0.497 e. The van der Waals surface area contributed by atoms with Crippen molar-refractivity contribution in [3.63, 3.8) is 0 Å². The predicted octanol–water partition coefficient (Wildman–Crippen LogP) is 2.24. The molecule has 0 radical (unpaired) electrons. The highest BCUT2D eigenvalue weighted by Crippen LogP contribution is 2.20. The molecular formula is C18H26N2O6. The molecule has 1 rings (SSSR count). The molecule has 0 aliphatic heterocycles. The number of benzene rings is 1. The van der Waals surface area contributed by atoms with Crippen molar-refractivity contribution in [2.45, 2.75) is 51.8 Å². The summed E-state index contributed by atoms with van der Waals surface area (Å²) >= 11 is 0. The smallest absolute Gasteiger partial charge is 0.408 e. The van der Waals surface area contributed by atoms with Gasteiger partial charge in [0.1, 0.15) is 17.4 Å². The molecule has 3 N–H and O–H groups in total. The van der Waals surface area contributed by atoms with Gasteiger partial charge in [0.05, 0.1) is 19.6 Å². The Morgan fingerprint density at radius 1 is 1.12 bits per heavy atom. The van der Waals surface area contributed by atoms with Crippen molar-refractivity contribution in [1.82, 2.24) is 10.6 Å². The fourth-order valence-corrected chi connectivity index (χ4v) is 2.11. The Bertz CT molecular complexity index is 636. The van der Waals surface area contributed by atoms with Gasteiger partial charge in [-0.3, -0.25) is 9.59 Å². The molecule has 26 heavy (non-hydrogen) atoms. The SMILES string of the molecule is COc1ccc(C(CC(=O)O)NC(=O)C(C)NC(=O)OC(C)(C)C)cc1. The van der Waals surface area contributed by atoms with Crippen molar-refractivity contribution in [3.8, 4) is 5.75 Å². The second-order valence-electron chi connectivity index (χ2n) is 6.80. The van der Waals surface area contributed by atoms with E-state index in [-0.39, 0.29) is 6.42 Å². The van der Waals surface area contributed by atoms with Gasteiger partial charge >= 0.3 is 12.1 Å². The maximum atomic E-state index is 12.3. The number of nitrogens with one attached hydrogen (secondary N) is 2. The molecule has 0 saturated carbocycles. The highest BCUT2D eigenvalue weighted by atomic mass is 16.6. The van der Waals surface area contributed by atoms with Gasteiger partial charge in [-0.05, 0) is 45.4 Å². The Hall–Kier alpha value is -2.77. The zero-order valence-corrected chi connectivity index (χ0v) is 15.7. The van der Waals surface area contributed by atoms with Crippen molar-refractivity contribution >= 4 is 18.0 Å². The fraction of sp³-hybridized carbons (Fsp3) is 0.500. The lowest BCUT2D eigenvalue weighted by Gasteiger charge is -2.23. The maximum Gasteiger partial charge on any atom is 0.408 e. The second-order valence-corrected chi connectivity index (χ2v) is 6.80. The number of carboxylic acids is 1. The summed E-state index contributed by atoms with van der Waals surface area (Å²) in [5.41, 5.74) is -0.0686. The van der Waals surface area contributed by atoms with E-state index in [9.17, 15) is 14.4 Å². The first-order valence-corrected chi connectivity index (χ1v) is 8.17. The van der Waals surface area contributed by atoms with Gasteiger partial charge in [-0.25, -0.2) is 4.79 Å². The third kappa shape index (κ3) is 7.42. The number of rotatable bonds is 7. The van der Waals surface area contributed by atoms with E-state index in [0.29, 0.717) is 11.3 Å². The van der Waals surface area contributed by atoms with Gasteiger partial charge in [-0.1, -0.05) is 12.1 Å². The number of methoxy groups -OCH3 is 1. The third-order valence-corrected chi connectivity index (χ3v) is 3.34. The lowest BCUT2D eigenvalue weighted by atomic mass is 10.0. The first kappa shape index (κ1) is 21.3. The van der Waals surface area contributed by atoms with E-state index in [4.69, 9.17) is 14.6 Å². The molecule has 0 aliphatic carbocycles. The summed E-state index contributed by atoms with van der Waals surface area (Å²) in [4.78, 5) is 35.2. The average Bonchev–Trinajstić information content (AvgIpc) is 2.51. The molecule has 0 aromatic heterocycles. The predicted molar refractivity (Wildman–Crippen MR) is 95.0 cm³/mol. The van der Waals surface area contributed by atoms with Crippen LogP contribution in [0.15, 0.2) is 24.3 Å². The van der Waals surface area contributed by atoms with Crippen molar-refractivity contribution < 1.29 is 29.0 Å². The minimum atomic E-state index is -1.06. The first-order valence-electron chi connectivity index (χ1n) is 8.17. The van der Waals surface area contributed by atoms with Crippen LogP contribution in [0, 0.1) is 0 Å². The van der Waals surface area contributed by atoms with E-state index < -0.39 is 35.7 Å². The van der Waals surface area contributed by atoms with Gasteiger partial charge in [0.2, 0.25) is 5.91 Å². The number of ether oxygens (including phenoxy) is 2. The molecule has 0 spiro atoms. The minimum absolute atomic E-state index is 0.294. The third-order valence-electron chi connectivity index (χ3n) is 3.34. The molecule has 1 aromatic rings. The number of alkyl carbamates (subject to hydrolysis) is 1. The van der Waals surface area contributed by atoms with Gasteiger partial charge in [0.15, 0.2) is 0 Å². The minimum Gasteiger partial charge on any atom is -0.497 e. The quantitative estimate of drug-likeness (QED) is 0.682. The van der Waals surface area contributed by atoms with Gasteiger partial charge in [-0.15, -0.1) is 0 Å². The zero-order valence-electron chi connectivity index (χ0n) is 15.7. The zero-order chi connectivity index (χ0) is 19.9. The highest BCUT2D eigenvalue weighted by molar-refractivity contribution is 5.86. The van der Waals surface area contributed by atoms with E-state index in [1.807, 2.05) is 0 Å². The number of carbonyl (C=O) groups is 3. The van der Waals surface area contributed by atoms with Crippen LogP contribution in [0.25, 0.3) is 0 Å². The lowest BCUT2D eigenvalue weighted by molar-refractivity contribution is -0.137. The second kappa shape index (κ2) is 9.07. The fourth-order valence-electron chi connectivity index (χ4n) is 2.11. The van der Waals surface area contributed by atoms with Crippen LogP contribution in [-0.4, -0.2) is 41.8 Å². The molecule has 1 aromatic carbocycles. The van der Waals surface area contributed by atoms with Crippen LogP contribution in [-0.2, 0) is 14.3 Å². The molecular weight excluding hydrogens is 340 g/mol. The molecule has 144 valence electrons. The number of carbonyl (C=O) groups excluding carboxylic acids is 2. The molecule has 0 heterocycles. The summed E-state index contributed by atoms with van der Waals surface area (Å²) in [7, 11) is 1.52. The van der Waals surface area contributed by atoms with Crippen LogP contribution in [0.1, 0.15) is 45.7 Å². The molecule has 2 amide bonds.